The molecule has 3 N–H and O–H groups in total. The number of aromatic nitrogens is 1. The number of anilines is 1. The molecule has 1 aromatic heterocycles. The molecule has 7 heteroatoms. The molecule has 0 spiro atoms. The second-order valence-electron chi connectivity index (χ2n) is 4.39. The van der Waals surface area contributed by atoms with Crippen molar-refractivity contribution in [3.05, 3.63) is 18.3 Å². The van der Waals surface area contributed by atoms with Gasteiger partial charge in [0.05, 0.1) is 17.0 Å². The van der Waals surface area contributed by atoms with Gasteiger partial charge in [-0.05, 0) is 19.4 Å². The van der Waals surface area contributed by atoms with E-state index in [1.165, 1.54) is 18.3 Å². The fourth-order valence-corrected chi connectivity index (χ4v) is 3.17. The number of nitrogen functional groups attached to an aromatic ring is 1. The Morgan fingerprint density at radius 1 is 1.59 bits per heavy atom. The highest BCUT2D eigenvalue weighted by molar-refractivity contribution is 7.89. The molecule has 1 atom stereocenters. The molecule has 0 radical (unpaired) electrons. The molecule has 0 amide bonds. The van der Waals surface area contributed by atoms with Gasteiger partial charge in [0.1, 0.15) is 5.82 Å². The lowest BCUT2D eigenvalue weighted by molar-refractivity contribution is 0.178. The van der Waals surface area contributed by atoms with Crippen molar-refractivity contribution in [2.24, 2.45) is 0 Å². The maximum absolute atomic E-state index is 12.1. The van der Waals surface area contributed by atoms with Crippen LogP contribution in [0.15, 0.2) is 23.2 Å². The highest BCUT2D eigenvalue weighted by Crippen LogP contribution is 2.21. The molecule has 94 valence electrons. The van der Waals surface area contributed by atoms with Crippen LogP contribution in [0.1, 0.15) is 13.3 Å². The number of hydrogen-bond donors (Lipinski definition) is 2. The molecule has 1 fully saturated rings. The lowest BCUT2D eigenvalue weighted by Crippen LogP contribution is -2.46. The Bertz CT molecular complexity index is 509. The highest BCUT2D eigenvalue weighted by atomic mass is 32.2. The number of ether oxygens (including phenoxy) is 1. The van der Waals surface area contributed by atoms with Crippen LogP contribution >= 0.6 is 0 Å². The van der Waals surface area contributed by atoms with Gasteiger partial charge < -0.3 is 10.5 Å². The van der Waals surface area contributed by atoms with Crippen LogP contribution in [-0.2, 0) is 14.8 Å². The summed E-state index contributed by atoms with van der Waals surface area (Å²) >= 11 is 0. The Labute approximate surface area is 100 Å². The standard InChI is InChI=1S/C10H15N3O3S/c1-10(3-5-16-7-10)13-17(14,15)8-2-4-12-9(11)6-8/h2,4,6,13H,3,5,7H2,1H3,(H2,11,12). The second kappa shape index (κ2) is 4.25. The van der Waals surface area contributed by atoms with Crippen molar-refractivity contribution in [1.29, 1.82) is 0 Å². The van der Waals surface area contributed by atoms with Crippen LogP contribution in [0, 0.1) is 0 Å². The second-order valence-corrected chi connectivity index (χ2v) is 6.07. The van der Waals surface area contributed by atoms with E-state index in [-0.39, 0.29) is 10.7 Å². The van der Waals surface area contributed by atoms with E-state index in [1.54, 1.807) is 0 Å². The van der Waals surface area contributed by atoms with Gasteiger partial charge in [0.2, 0.25) is 10.0 Å². The Hall–Kier alpha value is -1.18. The zero-order chi connectivity index (χ0) is 12.5. The van der Waals surface area contributed by atoms with E-state index in [2.05, 4.69) is 9.71 Å². The van der Waals surface area contributed by atoms with Crippen molar-refractivity contribution in [3.63, 3.8) is 0 Å². The molecule has 17 heavy (non-hydrogen) atoms. The van der Waals surface area contributed by atoms with Crippen LogP contribution in [0.5, 0.6) is 0 Å². The Morgan fingerprint density at radius 2 is 2.35 bits per heavy atom. The number of nitrogens with two attached hydrogens (primary N) is 1. The number of sulfonamides is 1. The number of nitrogens with zero attached hydrogens (tertiary/aromatic N) is 1. The van der Waals surface area contributed by atoms with E-state index in [1.807, 2.05) is 6.92 Å². The third-order valence-electron chi connectivity index (χ3n) is 2.66. The minimum absolute atomic E-state index is 0.123. The summed E-state index contributed by atoms with van der Waals surface area (Å²) in [5, 5.41) is 0. The first-order valence-electron chi connectivity index (χ1n) is 5.25. The lowest BCUT2D eigenvalue weighted by Gasteiger charge is -2.23. The molecule has 1 aromatic rings. The van der Waals surface area contributed by atoms with Gasteiger partial charge in [-0.2, -0.15) is 0 Å². The van der Waals surface area contributed by atoms with Crippen molar-refractivity contribution < 1.29 is 13.2 Å². The van der Waals surface area contributed by atoms with E-state index in [0.717, 1.165) is 0 Å². The third kappa shape index (κ3) is 2.74. The lowest BCUT2D eigenvalue weighted by atomic mass is 10.0. The molecule has 1 aliphatic heterocycles. The molecule has 0 aromatic carbocycles. The first-order chi connectivity index (χ1) is 7.91. The monoisotopic (exact) mass is 257 g/mol. The largest absolute Gasteiger partial charge is 0.384 e. The van der Waals surface area contributed by atoms with Gasteiger partial charge in [-0.1, -0.05) is 0 Å². The molecule has 0 aliphatic carbocycles. The summed E-state index contributed by atoms with van der Waals surface area (Å²) in [5.41, 5.74) is 4.92. The van der Waals surface area contributed by atoms with Crippen LogP contribution in [0.3, 0.4) is 0 Å². The molecule has 1 aliphatic rings. The minimum Gasteiger partial charge on any atom is -0.384 e. The van der Waals surface area contributed by atoms with Gasteiger partial charge in [0, 0.05) is 18.9 Å². The topological polar surface area (TPSA) is 94.3 Å². The fraction of sp³-hybridized carbons (Fsp3) is 0.500. The molecule has 2 heterocycles. The van der Waals surface area contributed by atoms with Gasteiger partial charge >= 0.3 is 0 Å². The number of hydrogen-bond acceptors (Lipinski definition) is 5. The Balaban J connectivity index is 2.25. The van der Waals surface area contributed by atoms with E-state index in [9.17, 15) is 8.42 Å². The van der Waals surface area contributed by atoms with Crippen molar-refractivity contribution in [2.75, 3.05) is 18.9 Å². The maximum atomic E-state index is 12.1. The molecule has 1 unspecified atom stereocenters. The van der Waals surface area contributed by atoms with Crippen molar-refractivity contribution in [2.45, 2.75) is 23.8 Å². The van der Waals surface area contributed by atoms with E-state index < -0.39 is 15.6 Å². The summed E-state index contributed by atoms with van der Waals surface area (Å²) < 4.78 is 32.0. The normalized spacial score (nSPS) is 25.0. The molecular formula is C10H15N3O3S. The number of rotatable bonds is 3. The van der Waals surface area contributed by atoms with Crippen LogP contribution in [-0.4, -0.2) is 32.2 Å². The summed E-state index contributed by atoms with van der Waals surface area (Å²) in [6.07, 6.45) is 2.03. The molecule has 1 saturated heterocycles. The molecular weight excluding hydrogens is 242 g/mol. The molecule has 6 nitrogen and oxygen atoms in total. The number of pyridine rings is 1. The average Bonchev–Trinajstić information content (AvgIpc) is 2.64. The average molecular weight is 257 g/mol. The molecule has 2 rings (SSSR count). The highest BCUT2D eigenvalue weighted by Gasteiger charge is 2.34. The van der Waals surface area contributed by atoms with Gasteiger partial charge in [-0.15, -0.1) is 0 Å². The minimum atomic E-state index is -3.57. The van der Waals surface area contributed by atoms with E-state index in [4.69, 9.17) is 10.5 Å². The Morgan fingerprint density at radius 3 is 2.94 bits per heavy atom. The van der Waals surface area contributed by atoms with Gasteiger partial charge in [0.15, 0.2) is 0 Å². The number of nitrogens with one attached hydrogen (secondary N) is 1. The summed E-state index contributed by atoms with van der Waals surface area (Å²) in [7, 11) is -3.57. The summed E-state index contributed by atoms with van der Waals surface area (Å²) in [6.45, 7) is 2.77. The van der Waals surface area contributed by atoms with E-state index >= 15 is 0 Å². The van der Waals surface area contributed by atoms with E-state index in [0.29, 0.717) is 19.6 Å². The van der Waals surface area contributed by atoms with Crippen LogP contribution < -0.4 is 10.5 Å². The van der Waals surface area contributed by atoms with Crippen LogP contribution in [0.2, 0.25) is 0 Å². The summed E-state index contributed by atoms with van der Waals surface area (Å²) in [5.74, 6) is 0.181. The Kier molecular flexibility index (Phi) is 3.07. The van der Waals surface area contributed by atoms with Crippen LogP contribution in [0.25, 0.3) is 0 Å². The van der Waals surface area contributed by atoms with Gasteiger partial charge in [0.25, 0.3) is 0 Å². The van der Waals surface area contributed by atoms with Gasteiger partial charge in [-0.25, -0.2) is 18.1 Å². The first kappa shape index (κ1) is 12.3. The third-order valence-corrected chi connectivity index (χ3v) is 4.30. The maximum Gasteiger partial charge on any atom is 0.241 e. The quantitative estimate of drug-likeness (QED) is 0.802. The van der Waals surface area contributed by atoms with Crippen molar-refractivity contribution in [3.8, 4) is 0 Å². The zero-order valence-corrected chi connectivity index (χ0v) is 10.3. The fourth-order valence-electron chi connectivity index (χ4n) is 1.73. The van der Waals surface area contributed by atoms with Crippen LogP contribution in [0.4, 0.5) is 5.82 Å². The summed E-state index contributed by atoms with van der Waals surface area (Å²) in [4.78, 5) is 3.89. The molecule has 0 bridgehead atoms. The SMILES string of the molecule is CC1(NS(=O)(=O)c2ccnc(N)c2)CCOC1. The first-order valence-corrected chi connectivity index (χ1v) is 6.73. The summed E-state index contributed by atoms with van der Waals surface area (Å²) in [6, 6.07) is 2.75. The van der Waals surface area contributed by atoms with Crippen molar-refractivity contribution >= 4 is 15.8 Å². The predicted octanol–water partition coefficient (Wildman–Crippen LogP) is 0.121. The predicted molar refractivity (Wildman–Crippen MR) is 62.8 cm³/mol. The smallest absolute Gasteiger partial charge is 0.241 e. The zero-order valence-electron chi connectivity index (χ0n) is 9.51. The van der Waals surface area contributed by atoms with Gasteiger partial charge in [-0.3, -0.25) is 0 Å². The molecule has 0 saturated carbocycles. The van der Waals surface area contributed by atoms with Crippen molar-refractivity contribution in [1.82, 2.24) is 9.71 Å².